The summed E-state index contributed by atoms with van der Waals surface area (Å²) in [5, 5.41) is 8.33. The van der Waals surface area contributed by atoms with Crippen molar-refractivity contribution in [1.82, 2.24) is 0 Å². The molecule has 12 heavy (non-hydrogen) atoms. The summed E-state index contributed by atoms with van der Waals surface area (Å²) in [6, 6.07) is 0. The van der Waals surface area contributed by atoms with Crippen LogP contribution < -0.4 is 0 Å². The minimum Gasteiger partial charge on any atom is -0.481 e. The number of unbranched alkanes of at least 4 members (excludes halogenated alkanes) is 2. The van der Waals surface area contributed by atoms with Gasteiger partial charge in [0, 0.05) is 6.42 Å². The van der Waals surface area contributed by atoms with Crippen LogP contribution in [0.1, 0.15) is 32.6 Å². The van der Waals surface area contributed by atoms with E-state index < -0.39 is 5.97 Å². The minimum atomic E-state index is -0.701. The van der Waals surface area contributed by atoms with Crippen LogP contribution in [0.15, 0.2) is 24.3 Å². The van der Waals surface area contributed by atoms with Crippen LogP contribution in [0.4, 0.5) is 0 Å². The highest BCUT2D eigenvalue weighted by molar-refractivity contribution is 5.66. The number of carboxylic acid groups (broad SMARTS) is 1. The first-order valence-electron chi connectivity index (χ1n) is 4.27. The van der Waals surface area contributed by atoms with Crippen LogP contribution in [-0.2, 0) is 4.79 Å². The van der Waals surface area contributed by atoms with Gasteiger partial charge in [0.2, 0.25) is 0 Å². The molecule has 0 bridgehead atoms. The first-order chi connectivity index (χ1) is 5.77. The van der Waals surface area contributed by atoms with Gasteiger partial charge in [0.25, 0.3) is 0 Å². The van der Waals surface area contributed by atoms with Crippen molar-refractivity contribution in [2.75, 3.05) is 0 Å². The van der Waals surface area contributed by atoms with Crippen LogP contribution in [0.3, 0.4) is 0 Å². The molecule has 68 valence electrons. The molecule has 0 spiro atoms. The predicted molar refractivity (Wildman–Crippen MR) is 50.1 cm³/mol. The number of carboxylic acids is 1. The standard InChI is InChI=1S/C10H16O2/c1-2-3-4-5-6-7-8-9-10(11)12/h2-5H,6-9H2,1H3,(H,11,12). The third-order valence-corrected chi connectivity index (χ3v) is 1.45. The fourth-order valence-electron chi connectivity index (χ4n) is 0.824. The molecule has 0 amide bonds. The van der Waals surface area contributed by atoms with Gasteiger partial charge in [0.05, 0.1) is 0 Å². The van der Waals surface area contributed by atoms with Gasteiger partial charge in [-0.2, -0.15) is 0 Å². The largest absolute Gasteiger partial charge is 0.481 e. The molecule has 0 unspecified atom stereocenters. The zero-order valence-electron chi connectivity index (χ0n) is 7.49. The van der Waals surface area contributed by atoms with Crippen molar-refractivity contribution in [3.63, 3.8) is 0 Å². The van der Waals surface area contributed by atoms with Crippen LogP contribution in [0.2, 0.25) is 0 Å². The maximum Gasteiger partial charge on any atom is 0.303 e. The van der Waals surface area contributed by atoms with Crippen LogP contribution in [0, 0.1) is 0 Å². The molecule has 0 heterocycles. The second-order valence-electron chi connectivity index (χ2n) is 2.59. The summed E-state index contributed by atoms with van der Waals surface area (Å²) in [4.78, 5) is 10.1. The molecule has 0 rings (SSSR count). The number of aliphatic carboxylic acids is 1. The summed E-state index contributed by atoms with van der Waals surface area (Å²) < 4.78 is 0. The van der Waals surface area contributed by atoms with E-state index in [9.17, 15) is 4.79 Å². The fraction of sp³-hybridized carbons (Fsp3) is 0.500. The molecule has 0 atom stereocenters. The van der Waals surface area contributed by atoms with Gasteiger partial charge in [0.15, 0.2) is 0 Å². The lowest BCUT2D eigenvalue weighted by Gasteiger charge is -1.91. The summed E-state index contributed by atoms with van der Waals surface area (Å²) in [5.74, 6) is -0.701. The molecule has 0 radical (unpaired) electrons. The highest BCUT2D eigenvalue weighted by Gasteiger charge is 1.93. The zero-order chi connectivity index (χ0) is 9.23. The maximum atomic E-state index is 10.1. The van der Waals surface area contributed by atoms with E-state index in [1.165, 1.54) is 0 Å². The molecule has 0 aliphatic carbocycles. The Labute approximate surface area is 73.6 Å². The van der Waals surface area contributed by atoms with E-state index in [0.717, 1.165) is 19.3 Å². The van der Waals surface area contributed by atoms with Crippen molar-refractivity contribution in [3.8, 4) is 0 Å². The van der Waals surface area contributed by atoms with Crippen molar-refractivity contribution in [1.29, 1.82) is 0 Å². The first-order valence-corrected chi connectivity index (χ1v) is 4.27. The zero-order valence-corrected chi connectivity index (χ0v) is 7.49. The van der Waals surface area contributed by atoms with E-state index in [0.29, 0.717) is 0 Å². The van der Waals surface area contributed by atoms with Gasteiger partial charge < -0.3 is 5.11 Å². The van der Waals surface area contributed by atoms with Gasteiger partial charge in [-0.15, -0.1) is 0 Å². The van der Waals surface area contributed by atoms with Crippen molar-refractivity contribution >= 4 is 5.97 Å². The number of hydrogen-bond acceptors (Lipinski definition) is 1. The molecule has 0 fully saturated rings. The van der Waals surface area contributed by atoms with Crippen molar-refractivity contribution < 1.29 is 9.90 Å². The van der Waals surface area contributed by atoms with Crippen molar-refractivity contribution in [2.24, 2.45) is 0 Å². The van der Waals surface area contributed by atoms with Gasteiger partial charge in [-0.25, -0.2) is 0 Å². The van der Waals surface area contributed by atoms with Gasteiger partial charge in [0.1, 0.15) is 0 Å². The lowest BCUT2D eigenvalue weighted by molar-refractivity contribution is -0.137. The molecule has 1 N–H and O–H groups in total. The topological polar surface area (TPSA) is 37.3 Å². The molecule has 0 saturated carbocycles. The highest BCUT2D eigenvalue weighted by Crippen LogP contribution is 2.00. The summed E-state index contributed by atoms with van der Waals surface area (Å²) in [7, 11) is 0. The molecule has 0 saturated heterocycles. The van der Waals surface area contributed by atoms with Crippen LogP contribution in [0.5, 0.6) is 0 Å². The van der Waals surface area contributed by atoms with Gasteiger partial charge in [-0.3, -0.25) is 4.79 Å². The lowest BCUT2D eigenvalue weighted by atomic mass is 10.2. The average molecular weight is 168 g/mol. The smallest absolute Gasteiger partial charge is 0.303 e. The summed E-state index contributed by atoms with van der Waals surface area (Å²) in [5.41, 5.74) is 0. The van der Waals surface area contributed by atoms with Crippen LogP contribution >= 0.6 is 0 Å². The van der Waals surface area contributed by atoms with Gasteiger partial charge >= 0.3 is 5.97 Å². The Morgan fingerprint density at radius 3 is 2.67 bits per heavy atom. The average Bonchev–Trinajstić information content (AvgIpc) is 2.02. The first kappa shape index (κ1) is 11.0. The maximum absolute atomic E-state index is 10.1. The van der Waals surface area contributed by atoms with Crippen molar-refractivity contribution in [2.45, 2.75) is 32.6 Å². The Kier molecular flexibility index (Phi) is 7.35. The van der Waals surface area contributed by atoms with E-state index in [2.05, 4.69) is 6.08 Å². The molecule has 0 aromatic rings. The number of rotatable bonds is 6. The quantitative estimate of drug-likeness (QED) is 0.489. The number of carbonyl (C=O) groups is 1. The van der Waals surface area contributed by atoms with E-state index in [-0.39, 0.29) is 6.42 Å². The van der Waals surface area contributed by atoms with Crippen LogP contribution in [0.25, 0.3) is 0 Å². The monoisotopic (exact) mass is 168 g/mol. The Balaban J connectivity index is 3.15. The van der Waals surface area contributed by atoms with Crippen molar-refractivity contribution in [3.05, 3.63) is 24.3 Å². The highest BCUT2D eigenvalue weighted by atomic mass is 16.4. The van der Waals surface area contributed by atoms with E-state index in [1.807, 2.05) is 25.2 Å². The Morgan fingerprint density at radius 1 is 1.33 bits per heavy atom. The van der Waals surface area contributed by atoms with Crippen LogP contribution in [-0.4, -0.2) is 11.1 Å². The number of allylic oxidation sites excluding steroid dienone is 4. The summed E-state index contributed by atoms with van der Waals surface area (Å²) in [6.07, 6.45) is 11.0. The summed E-state index contributed by atoms with van der Waals surface area (Å²) in [6.45, 7) is 1.97. The third kappa shape index (κ3) is 8.95. The second-order valence-corrected chi connectivity index (χ2v) is 2.59. The molecule has 2 nitrogen and oxygen atoms in total. The molecular formula is C10H16O2. The van der Waals surface area contributed by atoms with Gasteiger partial charge in [-0.05, 0) is 26.2 Å². The predicted octanol–water partition coefficient (Wildman–Crippen LogP) is 2.76. The van der Waals surface area contributed by atoms with E-state index >= 15 is 0 Å². The lowest BCUT2D eigenvalue weighted by Crippen LogP contribution is -1.92. The second kappa shape index (κ2) is 8.05. The molecule has 2 heteroatoms. The van der Waals surface area contributed by atoms with E-state index in [4.69, 9.17) is 5.11 Å². The number of hydrogen-bond donors (Lipinski definition) is 1. The molecule has 0 aliphatic rings. The molecule has 0 aromatic heterocycles. The Morgan fingerprint density at radius 2 is 2.08 bits per heavy atom. The van der Waals surface area contributed by atoms with E-state index in [1.54, 1.807) is 0 Å². The summed E-state index contributed by atoms with van der Waals surface area (Å²) >= 11 is 0. The Bertz CT molecular complexity index is 169. The molecular weight excluding hydrogens is 152 g/mol. The Hall–Kier alpha value is -1.05. The minimum absolute atomic E-state index is 0.289. The molecule has 0 aromatic carbocycles. The third-order valence-electron chi connectivity index (χ3n) is 1.45. The fourth-order valence-corrected chi connectivity index (χ4v) is 0.824. The normalized spacial score (nSPS) is 11.4. The molecule has 0 aliphatic heterocycles. The SMILES string of the molecule is CC=CC=CCCCCC(=O)O. The van der Waals surface area contributed by atoms with Gasteiger partial charge in [-0.1, -0.05) is 24.3 Å².